The molecule has 33 heavy (non-hydrogen) atoms. The molecule has 4 heteroatoms. The Kier molecular flexibility index (Phi) is 6.01. The number of benzene rings is 3. The topological polar surface area (TPSA) is 38.8 Å². The maximum absolute atomic E-state index is 13.0. The maximum Gasteiger partial charge on any atom is 0.231 e. The smallest absolute Gasteiger partial charge is 0.231 e. The molecule has 168 valence electrons. The van der Waals surface area contributed by atoms with Gasteiger partial charge in [0.05, 0.1) is 11.1 Å². The Morgan fingerprint density at radius 3 is 2.55 bits per heavy atom. The van der Waals surface area contributed by atoms with Gasteiger partial charge in [-0.3, -0.25) is 9.69 Å². The molecule has 0 saturated carbocycles. The van der Waals surface area contributed by atoms with Crippen molar-refractivity contribution in [3.63, 3.8) is 0 Å². The zero-order valence-electron chi connectivity index (χ0n) is 19.2. The molecule has 0 bridgehead atoms. The number of fused-ring (bicyclic) bond motifs is 3. The van der Waals surface area contributed by atoms with Crippen LogP contribution in [0.2, 0.25) is 0 Å². The van der Waals surface area contributed by atoms with Crippen molar-refractivity contribution in [3.8, 4) is 11.5 Å². The molecular formula is C29H29NO3. The van der Waals surface area contributed by atoms with E-state index >= 15 is 0 Å². The van der Waals surface area contributed by atoms with Crippen molar-refractivity contribution in [1.82, 2.24) is 4.90 Å². The lowest BCUT2D eigenvalue weighted by atomic mass is 10.0. The highest BCUT2D eigenvalue weighted by Gasteiger charge is 2.33. The summed E-state index contributed by atoms with van der Waals surface area (Å²) >= 11 is 0. The summed E-state index contributed by atoms with van der Waals surface area (Å²) in [5, 5.41) is 0. The summed E-state index contributed by atoms with van der Waals surface area (Å²) in [7, 11) is 0. The standard InChI is InChI=1S/C29H29NO3/c1-20(2)23-12-10-22(11-13-23)17-27-28(31)24-14-15-26-25(29(24)33-27)18-30(19-32-26)16-6-9-21-7-4-3-5-8-21/h3-5,7-8,10-15,17,20H,6,9,16,18-19H2,1-2H3/b27-17-. The van der Waals surface area contributed by atoms with Crippen LogP contribution in [0.3, 0.4) is 0 Å². The Balaban J connectivity index is 1.30. The Morgan fingerprint density at radius 1 is 1.00 bits per heavy atom. The largest absolute Gasteiger partial charge is 0.478 e. The Labute approximate surface area is 195 Å². The first-order valence-corrected chi connectivity index (χ1v) is 11.7. The first-order valence-electron chi connectivity index (χ1n) is 11.7. The third kappa shape index (κ3) is 4.57. The van der Waals surface area contributed by atoms with E-state index < -0.39 is 0 Å². The Morgan fingerprint density at radius 2 is 1.79 bits per heavy atom. The summed E-state index contributed by atoms with van der Waals surface area (Å²) in [5.74, 6) is 2.24. The third-order valence-electron chi connectivity index (χ3n) is 6.37. The molecule has 4 nitrogen and oxygen atoms in total. The fourth-order valence-corrected chi connectivity index (χ4v) is 4.43. The van der Waals surface area contributed by atoms with Gasteiger partial charge in [-0.15, -0.1) is 0 Å². The van der Waals surface area contributed by atoms with Gasteiger partial charge in [-0.1, -0.05) is 68.4 Å². The van der Waals surface area contributed by atoms with Crippen molar-refractivity contribution in [2.75, 3.05) is 13.3 Å². The minimum atomic E-state index is -0.0677. The van der Waals surface area contributed by atoms with Gasteiger partial charge in [-0.05, 0) is 53.7 Å². The molecule has 0 radical (unpaired) electrons. The number of hydrogen-bond donors (Lipinski definition) is 0. The molecule has 0 aliphatic carbocycles. The Bertz CT molecular complexity index is 1180. The number of ketones is 1. The van der Waals surface area contributed by atoms with E-state index in [1.165, 1.54) is 11.1 Å². The maximum atomic E-state index is 13.0. The molecule has 2 aliphatic heterocycles. The number of carbonyl (C=O) groups is 1. The monoisotopic (exact) mass is 439 g/mol. The number of aryl methyl sites for hydroxylation is 1. The number of hydrogen-bond acceptors (Lipinski definition) is 4. The molecule has 0 saturated heterocycles. The van der Waals surface area contributed by atoms with Gasteiger partial charge >= 0.3 is 0 Å². The minimum absolute atomic E-state index is 0.0677. The van der Waals surface area contributed by atoms with Crippen molar-refractivity contribution in [3.05, 3.63) is 100 Å². The van der Waals surface area contributed by atoms with Gasteiger partial charge in [0.15, 0.2) is 5.76 Å². The molecule has 0 unspecified atom stereocenters. The summed E-state index contributed by atoms with van der Waals surface area (Å²) in [6.45, 7) is 6.54. The molecule has 0 amide bonds. The van der Waals surface area contributed by atoms with Crippen LogP contribution in [0.4, 0.5) is 0 Å². The van der Waals surface area contributed by atoms with E-state index in [-0.39, 0.29) is 5.78 Å². The van der Waals surface area contributed by atoms with Gasteiger partial charge in [0.25, 0.3) is 0 Å². The van der Waals surface area contributed by atoms with Crippen molar-refractivity contribution in [2.45, 2.75) is 39.2 Å². The molecule has 0 N–H and O–H groups in total. The highest BCUT2D eigenvalue weighted by Crippen LogP contribution is 2.42. The normalized spacial score (nSPS) is 16.5. The van der Waals surface area contributed by atoms with E-state index in [1.54, 1.807) is 0 Å². The molecule has 5 rings (SSSR count). The number of nitrogens with zero attached hydrogens (tertiary/aromatic N) is 1. The van der Waals surface area contributed by atoms with E-state index in [4.69, 9.17) is 9.47 Å². The molecule has 3 aromatic rings. The number of ether oxygens (including phenoxy) is 2. The zero-order chi connectivity index (χ0) is 22.8. The summed E-state index contributed by atoms with van der Waals surface area (Å²) in [5.41, 5.74) is 5.17. The van der Waals surface area contributed by atoms with Crippen LogP contribution in [0.5, 0.6) is 11.5 Å². The zero-order valence-corrected chi connectivity index (χ0v) is 19.2. The first kappa shape index (κ1) is 21.5. The van der Waals surface area contributed by atoms with E-state index in [2.05, 4.69) is 55.1 Å². The summed E-state index contributed by atoms with van der Waals surface area (Å²) < 4.78 is 12.1. The van der Waals surface area contributed by atoms with Crippen LogP contribution in [-0.2, 0) is 13.0 Å². The van der Waals surface area contributed by atoms with Gasteiger partial charge in [0.1, 0.15) is 18.2 Å². The SMILES string of the molecule is CC(C)c1ccc(/C=C2\Oc3c(ccc4c3CN(CCCc3ccccc3)CO4)C2=O)cc1. The van der Waals surface area contributed by atoms with Gasteiger partial charge < -0.3 is 9.47 Å². The van der Waals surface area contributed by atoms with Crippen molar-refractivity contribution < 1.29 is 14.3 Å². The highest BCUT2D eigenvalue weighted by molar-refractivity contribution is 6.15. The van der Waals surface area contributed by atoms with Crippen LogP contribution in [-0.4, -0.2) is 24.0 Å². The van der Waals surface area contributed by atoms with Crippen LogP contribution in [0.25, 0.3) is 6.08 Å². The molecule has 0 atom stereocenters. The number of Topliss-reactive ketones (excluding diaryl/α,β-unsaturated/α-hetero) is 1. The average molecular weight is 440 g/mol. The lowest BCUT2D eigenvalue weighted by Crippen LogP contribution is -2.33. The van der Waals surface area contributed by atoms with Crippen molar-refractivity contribution in [2.24, 2.45) is 0 Å². The molecule has 2 aliphatic rings. The second-order valence-corrected chi connectivity index (χ2v) is 9.10. The van der Waals surface area contributed by atoms with Crippen LogP contribution in [0.15, 0.2) is 72.5 Å². The summed E-state index contributed by atoms with van der Waals surface area (Å²) in [4.78, 5) is 15.3. The van der Waals surface area contributed by atoms with Crippen LogP contribution >= 0.6 is 0 Å². The van der Waals surface area contributed by atoms with E-state index in [0.29, 0.717) is 29.7 Å². The second kappa shape index (κ2) is 9.24. The fourth-order valence-electron chi connectivity index (χ4n) is 4.43. The quantitative estimate of drug-likeness (QED) is 0.428. The van der Waals surface area contributed by atoms with E-state index in [1.807, 2.05) is 36.4 Å². The van der Waals surface area contributed by atoms with Gasteiger partial charge in [0.2, 0.25) is 5.78 Å². The highest BCUT2D eigenvalue weighted by atomic mass is 16.5. The molecule has 0 spiro atoms. The summed E-state index contributed by atoms with van der Waals surface area (Å²) in [6, 6.07) is 22.5. The molecule has 0 fully saturated rings. The van der Waals surface area contributed by atoms with Crippen molar-refractivity contribution in [1.29, 1.82) is 0 Å². The molecular weight excluding hydrogens is 410 g/mol. The van der Waals surface area contributed by atoms with Crippen LogP contribution < -0.4 is 9.47 Å². The molecule has 3 aromatic carbocycles. The van der Waals surface area contributed by atoms with Gasteiger partial charge in [-0.2, -0.15) is 0 Å². The molecule has 0 aromatic heterocycles. The van der Waals surface area contributed by atoms with Gasteiger partial charge in [-0.25, -0.2) is 0 Å². The number of rotatable bonds is 6. The van der Waals surface area contributed by atoms with Crippen molar-refractivity contribution >= 4 is 11.9 Å². The molecule has 2 heterocycles. The number of allylic oxidation sites excluding steroid dienone is 1. The predicted molar refractivity (Wildman–Crippen MR) is 131 cm³/mol. The fraction of sp³-hybridized carbons (Fsp3) is 0.276. The van der Waals surface area contributed by atoms with E-state index in [9.17, 15) is 4.79 Å². The number of carbonyl (C=O) groups excluding carboxylic acids is 1. The predicted octanol–water partition coefficient (Wildman–Crippen LogP) is 6.21. The third-order valence-corrected chi connectivity index (χ3v) is 6.37. The minimum Gasteiger partial charge on any atom is -0.478 e. The lowest BCUT2D eigenvalue weighted by Gasteiger charge is -2.29. The summed E-state index contributed by atoms with van der Waals surface area (Å²) in [6.07, 6.45) is 3.92. The van der Waals surface area contributed by atoms with Gasteiger partial charge in [0, 0.05) is 13.1 Å². The lowest BCUT2D eigenvalue weighted by molar-refractivity contribution is 0.0928. The second-order valence-electron chi connectivity index (χ2n) is 9.10. The average Bonchev–Trinajstić information content (AvgIpc) is 3.15. The van der Waals surface area contributed by atoms with Crippen LogP contribution in [0.1, 0.15) is 58.8 Å². The first-order chi connectivity index (χ1) is 16.1. The van der Waals surface area contributed by atoms with Crippen LogP contribution in [0, 0.1) is 0 Å². The Hall–Kier alpha value is -3.37. The van der Waals surface area contributed by atoms with E-state index in [0.717, 1.165) is 42.8 Å².